The Hall–Kier alpha value is -1.63. The SMILES string of the molecule is CCCc1cccc(CCC)c1.CCc1cccc(CC)n1. The van der Waals surface area contributed by atoms with E-state index in [0.717, 1.165) is 12.8 Å². The number of pyridine rings is 1. The highest BCUT2D eigenvalue weighted by Gasteiger charge is 1.93. The van der Waals surface area contributed by atoms with Crippen molar-refractivity contribution in [2.24, 2.45) is 0 Å². The Morgan fingerprint density at radius 1 is 0.682 bits per heavy atom. The van der Waals surface area contributed by atoms with Crippen LogP contribution in [-0.2, 0) is 25.7 Å². The minimum Gasteiger partial charge on any atom is -0.258 e. The molecule has 2 rings (SSSR count). The van der Waals surface area contributed by atoms with E-state index in [2.05, 4.69) is 75.1 Å². The highest BCUT2D eigenvalue weighted by atomic mass is 14.7. The van der Waals surface area contributed by atoms with Crippen LogP contribution in [0.15, 0.2) is 42.5 Å². The first kappa shape index (κ1) is 18.4. The molecule has 0 bridgehead atoms. The van der Waals surface area contributed by atoms with E-state index in [0.29, 0.717) is 0 Å². The van der Waals surface area contributed by atoms with Crippen molar-refractivity contribution in [3.05, 3.63) is 65.0 Å². The first-order valence-electron chi connectivity index (χ1n) is 8.76. The van der Waals surface area contributed by atoms with Gasteiger partial charge < -0.3 is 0 Å². The molecule has 120 valence electrons. The van der Waals surface area contributed by atoms with Gasteiger partial charge in [0.05, 0.1) is 0 Å². The van der Waals surface area contributed by atoms with Gasteiger partial charge in [0.15, 0.2) is 0 Å². The van der Waals surface area contributed by atoms with Gasteiger partial charge in [-0.2, -0.15) is 0 Å². The topological polar surface area (TPSA) is 12.9 Å². The van der Waals surface area contributed by atoms with Crippen molar-refractivity contribution in [1.82, 2.24) is 4.98 Å². The fraction of sp³-hybridized carbons (Fsp3) is 0.476. The van der Waals surface area contributed by atoms with Gasteiger partial charge in [0, 0.05) is 11.4 Å². The standard InChI is InChI=1S/C12H18.C9H13N/c1-3-6-11-8-5-9-12(10-11)7-4-2;1-3-8-6-5-7-9(4-2)10-8/h5,8-10H,3-4,6-7H2,1-2H3;5-7H,3-4H2,1-2H3. The molecule has 0 aliphatic rings. The van der Waals surface area contributed by atoms with E-state index in [1.165, 1.54) is 48.2 Å². The van der Waals surface area contributed by atoms with Gasteiger partial charge >= 0.3 is 0 Å². The van der Waals surface area contributed by atoms with Crippen molar-refractivity contribution in [2.75, 3.05) is 0 Å². The molecule has 0 saturated carbocycles. The zero-order valence-corrected chi connectivity index (χ0v) is 14.7. The molecular formula is C21H31N. The Morgan fingerprint density at radius 3 is 1.55 bits per heavy atom. The summed E-state index contributed by atoms with van der Waals surface area (Å²) in [5.41, 5.74) is 5.37. The van der Waals surface area contributed by atoms with Gasteiger partial charge in [0.2, 0.25) is 0 Å². The average molecular weight is 297 g/mol. The lowest BCUT2D eigenvalue weighted by Gasteiger charge is -2.02. The smallest absolute Gasteiger partial charge is 0.0404 e. The monoisotopic (exact) mass is 297 g/mol. The summed E-state index contributed by atoms with van der Waals surface area (Å²) in [6.45, 7) is 8.71. The van der Waals surface area contributed by atoms with Crippen LogP contribution >= 0.6 is 0 Å². The molecule has 0 unspecified atom stereocenters. The van der Waals surface area contributed by atoms with E-state index in [-0.39, 0.29) is 0 Å². The Morgan fingerprint density at radius 2 is 1.14 bits per heavy atom. The van der Waals surface area contributed by atoms with E-state index < -0.39 is 0 Å². The summed E-state index contributed by atoms with van der Waals surface area (Å²) >= 11 is 0. The molecule has 2 aromatic rings. The summed E-state index contributed by atoms with van der Waals surface area (Å²) < 4.78 is 0. The zero-order valence-electron chi connectivity index (χ0n) is 14.7. The summed E-state index contributed by atoms with van der Waals surface area (Å²) in [4.78, 5) is 4.41. The largest absolute Gasteiger partial charge is 0.258 e. The number of hydrogen-bond donors (Lipinski definition) is 0. The molecule has 0 radical (unpaired) electrons. The summed E-state index contributed by atoms with van der Waals surface area (Å²) in [5.74, 6) is 0. The van der Waals surface area contributed by atoms with Crippen molar-refractivity contribution >= 4 is 0 Å². The first-order valence-corrected chi connectivity index (χ1v) is 8.76. The maximum Gasteiger partial charge on any atom is 0.0404 e. The van der Waals surface area contributed by atoms with Crippen LogP contribution in [0.1, 0.15) is 63.1 Å². The molecule has 1 heteroatoms. The van der Waals surface area contributed by atoms with Crippen LogP contribution in [0.5, 0.6) is 0 Å². The lowest BCUT2D eigenvalue weighted by molar-refractivity contribution is 0.895. The second-order valence-corrected chi connectivity index (χ2v) is 5.65. The van der Waals surface area contributed by atoms with Gasteiger partial charge in [-0.05, 0) is 48.9 Å². The average Bonchev–Trinajstić information content (AvgIpc) is 2.56. The van der Waals surface area contributed by atoms with Crippen LogP contribution in [0.4, 0.5) is 0 Å². The van der Waals surface area contributed by atoms with Crippen molar-refractivity contribution < 1.29 is 0 Å². The quantitative estimate of drug-likeness (QED) is 0.657. The van der Waals surface area contributed by atoms with Crippen LogP contribution in [0, 0.1) is 0 Å². The molecule has 0 N–H and O–H groups in total. The highest BCUT2D eigenvalue weighted by molar-refractivity contribution is 5.23. The molecule has 0 atom stereocenters. The van der Waals surface area contributed by atoms with Crippen molar-refractivity contribution in [1.29, 1.82) is 0 Å². The predicted octanol–water partition coefficient (Wildman–Crippen LogP) is 5.80. The fourth-order valence-corrected chi connectivity index (χ4v) is 2.44. The third-order valence-corrected chi connectivity index (χ3v) is 3.66. The van der Waals surface area contributed by atoms with E-state index in [1.54, 1.807) is 0 Å². The van der Waals surface area contributed by atoms with Gasteiger partial charge in [-0.3, -0.25) is 4.98 Å². The molecule has 1 aromatic carbocycles. The Labute approximate surface area is 136 Å². The molecule has 22 heavy (non-hydrogen) atoms. The second kappa shape index (κ2) is 11.0. The Kier molecular flexibility index (Phi) is 9.21. The predicted molar refractivity (Wildman–Crippen MR) is 97.4 cm³/mol. The minimum absolute atomic E-state index is 1.04. The molecule has 1 nitrogen and oxygen atoms in total. The van der Waals surface area contributed by atoms with Crippen molar-refractivity contribution in [3.63, 3.8) is 0 Å². The number of hydrogen-bond acceptors (Lipinski definition) is 1. The van der Waals surface area contributed by atoms with Crippen LogP contribution in [-0.4, -0.2) is 4.98 Å². The van der Waals surface area contributed by atoms with Crippen LogP contribution < -0.4 is 0 Å². The molecule has 0 saturated heterocycles. The normalized spacial score (nSPS) is 10.0. The third-order valence-electron chi connectivity index (χ3n) is 3.66. The van der Waals surface area contributed by atoms with E-state index >= 15 is 0 Å². The maximum atomic E-state index is 4.41. The fourth-order valence-electron chi connectivity index (χ4n) is 2.44. The first-order chi connectivity index (χ1) is 10.7. The molecular weight excluding hydrogens is 266 g/mol. The summed E-state index contributed by atoms with van der Waals surface area (Å²) in [6.07, 6.45) is 7.00. The molecule has 1 aromatic heterocycles. The van der Waals surface area contributed by atoms with Gasteiger partial charge in [0.1, 0.15) is 0 Å². The number of benzene rings is 1. The highest BCUT2D eigenvalue weighted by Crippen LogP contribution is 2.09. The third kappa shape index (κ3) is 6.89. The molecule has 0 aliphatic heterocycles. The molecule has 1 heterocycles. The summed E-state index contributed by atoms with van der Waals surface area (Å²) in [6, 6.07) is 15.2. The van der Waals surface area contributed by atoms with Gasteiger partial charge in [-0.15, -0.1) is 0 Å². The lowest BCUT2D eigenvalue weighted by Crippen LogP contribution is -1.91. The Bertz CT molecular complexity index is 490. The van der Waals surface area contributed by atoms with Crippen LogP contribution in [0.2, 0.25) is 0 Å². The van der Waals surface area contributed by atoms with Gasteiger partial charge in [-0.1, -0.05) is 70.9 Å². The van der Waals surface area contributed by atoms with Crippen LogP contribution in [0.25, 0.3) is 0 Å². The van der Waals surface area contributed by atoms with E-state index in [9.17, 15) is 0 Å². The molecule has 0 aliphatic carbocycles. The van der Waals surface area contributed by atoms with Crippen molar-refractivity contribution in [3.8, 4) is 0 Å². The minimum atomic E-state index is 1.04. The zero-order chi connectivity index (χ0) is 16.2. The lowest BCUT2D eigenvalue weighted by atomic mass is 10.0. The van der Waals surface area contributed by atoms with Gasteiger partial charge in [0.25, 0.3) is 0 Å². The van der Waals surface area contributed by atoms with Gasteiger partial charge in [-0.25, -0.2) is 0 Å². The second-order valence-electron chi connectivity index (χ2n) is 5.65. The number of nitrogens with zero attached hydrogens (tertiary/aromatic N) is 1. The molecule has 0 spiro atoms. The van der Waals surface area contributed by atoms with Crippen molar-refractivity contribution in [2.45, 2.75) is 66.2 Å². The number of rotatable bonds is 6. The summed E-state index contributed by atoms with van der Waals surface area (Å²) in [5, 5.41) is 0. The number of aryl methyl sites for hydroxylation is 4. The van der Waals surface area contributed by atoms with E-state index in [1.807, 2.05) is 0 Å². The maximum absolute atomic E-state index is 4.41. The van der Waals surface area contributed by atoms with Crippen LogP contribution in [0.3, 0.4) is 0 Å². The molecule has 0 fully saturated rings. The summed E-state index contributed by atoms with van der Waals surface area (Å²) in [7, 11) is 0. The Balaban J connectivity index is 0.000000224. The molecule has 0 amide bonds. The van der Waals surface area contributed by atoms with E-state index in [4.69, 9.17) is 0 Å². The number of aromatic nitrogens is 1.